The van der Waals surface area contributed by atoms with E-state index in [4.69, 9.17) is 9.47 Å². The second-order valence-electron chi connectivity index (χ2n) is 4.58. The highest BCUT2D eigenvalue weighted by Gasteiger charge is 2.19. The number of halogens is 1. The number of carbonyl (C=O) groups is 1. The molecule has 1 aliphatic rings. The number of fused-ring (bicyclic) bond motifs is 1. The number of hydrogen-bond acceptors (Lipinski definition) is 4. The summed E-state index contributed by atoms with van der Waals surface area (Å²) in [6, 6.07) is 10.9. The molecule has 0 aromatic heterocycles. The molecule has 2 aromatic carbocycles. The van der Waals surface area contributed by atoms with Gasteiger partial charge in [-0.25, -0.2) is 9.82 Å². The van der Waals surface area contributed by atoms with Gasteiger partial charge in [0.15, 0.2) is 11.5 Å². The standard InChI is InChI=1S/C16H13FN2O3/c17-12-6-4-11(5-7-12)10-18-19-16(20)13-2-1-3-14-15(13)22-9-8-21-14/h1-7,10H,8-9H2,(H,19,20). The molecule has 1 heterocycles. The zero-order valence-electron chi connectivity index (χ0n) is 11.6. The van der Waals surface area contributed by atoms with Gasteiger partial charge in [-0.05, 0) is 29.8 Å². The number of carbonyl (C=O) groups excluding carboxylic acids is 1. The molecule has 6 heteroatoms. The summed E-state index contributed by atoms with van der Waals surface area (Å²) >= 11 is 0. The smallest absolute Gasteiger partial charge is 0.275 e. The number of benzene rings is 2. The average Bonchev–Trinajstić information content (AvgIpc) is 2.56. The van der Waals surface area contributed by atoms with Gasteiger partial charge in [-0.3, -0.25) is 4.79 Å². The predicted octanol–water partition coefficient (Wildman–Crippen LogP) is 2.36. The van der Waals surface area contributed by atoms with E-state index in [0.29, 0.717) is 35.8 Å². The van der Waals surface area contributed by atoms with Crippen LogP contribution in [0.15, 0.2) is 47.6 Å². The number of nitrogens with zero attached hydrogens (tertiary/aromatic N) is 1. The van der Waals surface area contributed by atoms with Gasteiger partial charge >= 0.3 is 0 Å². The van der Waals surface area contributed by atoms with Crippen LogP contribution in [0.4, 0.5) is 4.39 Å². The van der Waals surface area contributed by atoms with Gasteiger partial charge in [0.1, 0.15) is 19.0 Å². The van der Waals surface area contributed by atoms with Gasteiger partial charge in [-0.1, -0.05) is 18.2 Å². The summed E-state index contributed by atoms with van der Waals surface area (Å²) in [5, 5.41) is 3.85. The van der Waals surface area contributed by atoms with Crippen LogP contribution in [0, 0.1) is 5.82 Å². The van der Waals surface area contributed by atoms with Gasteiger partial charge < -0.3 is 9.47 Å². The molecule has 1 amide bonds. The Morgan fingerprint density at radius 1 is 1.14 bits per heavy atom. The van der Waals surface area contributed by atoms with Crippen molar-refractivity contribution in [3.63, 3.8) is 0 Å². The Bertz CT molecular complexity index is 714. The van der Waals surface area contributed by atoms with E-state index in [1.165, 1.54) is 18.3 Å². The molecule has 0 aliphatic carbocycles. The number of hydrazone groups is 1. The van der Waals surface area contributed by atoms with E-state index >= 15 is 0 Å². The molecule has 1 N–H and O–H groups in total. The van der Waals surface area contributed by atoms with Gasteiger partial charge in [0.2, 0.25) is 0 Å². The lowest BCUT2D eigenvalue weighted by atomic mass is 10.1. The first-order valence-electron chi connectivity index (χ1n) is 6.71. The Kier molecular flexibility index (Phi) is 4.00. The average molecular weight is 300 g/mol. The van der Waals surface area contributed by atoms with Gasteiger partial charge in [0.25, 0.3) is 5.91 Å². The molecular weight excluding hydrogens is 287 g/mol. The molecule has 5 nitrogen and oxygen atoms in total. The number of rotatable bonds is 3. The van der Waals surface area contributed by atoms with Crippen molar-refractivity contribution in [1.82, 2.24) is 5.43 Å². The molecule has 0 saturated carbocycles. The lowest BCUT2D eigenvalue weighted by Gasteiger charge is -2.20. The Morgan fingerprint density at radius 3 is 2.73 bits per heavy atom. The summed E-state index contributed by atoms with van der Waals surface area (Å²) in [4.78, 5) is 12.1. The molecule has 3 rings (SSSR count). The molecule has 1 aliphatic heterocycles. The van der Waals surface area contributed by atoms with Crippen molar-refractivity contribution in [1.29, 1.82) is 0 Å². The second-order valence-corrected chi connectivity index (χ2v) is 4.58. The fourth-order valence-corrected chi connectivity index (χ4v) is 2.03. The molecule has 22 heavy (non-hydrogen) atoms. The summed E-state index contributed by atoms with van der Waals surface area (Å²) in [6.45, 7) is 0.858. The van der Waals surface area contributed by atoms with E-state index in [1.807, 2.05) is 0 Å². The number of ether oxygens (including phenoxy) is 2. The summed E-state index contributed by atoms with van der Waals surface area (Å²) in [7, 11) is 0. The van der Waals surface area contributed by atoms with Crippen molar-refractivity contribution >= 4 is 12.1 Å². The topological polar surface area (TPSA) is 59.9 Å². The van der Waals surface area contributed by atoms with Crippen LogP contribution in [-0.2, 0) is 0 Å². The number of para-hydroxylation sites is 1. The van der Waals surface area contributed by atoms with E-state index in [-0.39, 0.29) is 5.82 Å². The third-order valence-corrected chi connectivity index (χ3v) is 3.06. The fourth-order valence-electron chi connectivity index (χ4n) is 2.03. The maximum atomic E-state index is 12.8. The highest BCUT2D eigenvalue weighted by atomic mass is 19.1. The predicted molar refractivity (Wildman–Crippen MR) is 78.9 cm³/mol. The number of nitrogens with one attached hydrogen (secondary N) is 1. The minimum absolute atomic E-state index is 0.325. The SMILES string of the molecule is O=C(NN=Cc1ccc(F)cc1)c1cccc2c1OCCO2. The lowest BCUT2D eigenvalue weighted by Crippen LogP contribution is -2.22. The Balaban J connectivity index is 1.71. The quantitative estimate of drug-likeness (QED) is 0.699. The molecule has 2 aromatic rings. The normalized spacial score (nSPS) is 13.1. The maximum absolute atomic E-state index is 12.8. The van der Waals surface area contributed by atoms with Crippen molar-refractivity contribution in [2.45, 2.75) is 0 Å². The monoisotopic (exact) mass is 300 g/mol. The van der Waals surface area contributed by atoms with Crippen molar-refractivity contribution in [3.05, 3.63) is 59.4 Å². The Labute approximate surface area is 126 Å². The molecule has 0 spiro atoms. The van der Waals surface area contributed by atoms with Crippen LogP contribution in [0.1, 0.15) is 15.9 Å². The Morgan fingerprint density at radius 2 is 1.91 bits per heavy atom. The van der Waals surface area contributed by atoms with Crippen LogP contribution in [0.2, 0.25) is 0 Å². The minimum atomic E-state index is -0.402. The van der Waals surface area contributed by atoms with Crippen LogP contribution in [0.25, 0.3) is 0 Å². The maximum Gasteiger partial charge on any atom is 0.275 e. The van der Waals surface area contributed by atoms with E-state index in [9.17, 15) is 9.18 Å². The largest absolute Gasteiger partial charge is 0.486 e. The summed E-state index contributed by atoms with van der Waals surface area (Å²) < 4.78 is 23.7. The van der Waals surface area contributed by atoms with E-state index in [2.05, 4.69) is 10.5 Å². The molecule has 0 atom stereocenters. The van der Waals surface area contributed by atoms with Crippen molar-refractivity contribution in [2.24, 2.45) is 5.10 Å². The van der Waals surface area contributed by atoms with Crippen LogP contribution in [-0.4, -0.2) is 25.3 Å². The minimum Gasteiger partial charge on any atom is -0.486 e. The summed E-state index contributed by atoms with van der Waals surface area (Å²) in [5.41, 5.74) is 3.45. The zero-order valence-corrected chi connectivity index (χ0v) is 11.6. The molecular formula is C16H13FN2O3. The zero-order chi connectivity index (χ0) is 15.4. The number of hydrogen-bond donors (Lipinski definition) is 1. The van der Waals surface area contributed by atoms with Gasteiger partial charge in [0.05, 0.1) is 11.8 Å². The summed E-state index contributed by atoms with van der Waals surface area (Å²) in [5.74, 6) is 0.236. The number of amides is 1. The van der Waals surface area contributed by atoms with Crippen molar-refractivity contribution in [2.75, 3.05) is 13.2 Å². The van der Waals surface area contributed by atoms with Crippen molar-refractivity contribution in [3.8, 4) is 11.5 Å². The molecule has 112 valence electrons. The van der Waals surface area contributed by atoms with Gasteiger partial charge in [0, 0.05) is 0 Å². The van der Waals surface area contributed by atoms with Crippen LogP contribution in [0.5, 0.6) is 11.5 Å². The fraction of sp³-hybridized carbons (Fsp3) is 0.125. The first kappa shape index (κ1) is 14.1. The van der Waals surface area contributed by atoms with Crippen molar-refractivity contribution < 1.29 is 18.7 Å². The van der Waals surface area contributed by atoms with E-state index in [0.717, 1.165) is 0 Å². The van der Waals surface area contributed by atoms with E-state index < -0.39 is 5.91 Å². The third kappa shape index (κ3) is 3.06. The van der Waals surface area contributed by atoms with Gasteiger partial charge in [-0.2, -0.15) is 5.10 Å². The van der Waals surface area contributed by atoms with Crippen LogP contribution in [0.3, 0.4) is 0 Å². The lowest BCUT2D eigenvalue weighted by molar-refractivity contribution is 0.0944. The first-order chi connectivity index (χ1) is 10.7. The molecule has 0 fully saturated rings. The van der Waals surface area contributed by atoms with E-state index in [1.54, 1.807) is 30.3 Å². The second kappa shape index (κ2) is 6.26. The van der Waals surface area contributed by atoms with Crippen LogP contribution < -0.4 is 14.9 Å². The molecule has 0 saturated heterocycles. The molecule has 0 radical (unpaired) electrons. The molecule has 0 bridgehead atoms. The summed E-state index contributed by atoms with van der Waals surface area (Å²) in [6.07, 6.45) is 1.43. The third-order valence-electron chi connectivity index (χ3n) is 3.06. The highest BCUT2D eigenvalue weighted by molar-refractivity contribution is 5.98. The van der Waals surface area contributed by atoms with Gasteiger partial charge in [-0.15, -0.1) is 0 Å². The first-order valence-corrected chi connectivity index (χ1v) is 6.71. The van der Waals surface area contributed by atoms with Crippen LogP contribution >= 0.6 is 0 Å². The molecule has 0 unspecified atom stereocenters. The highest BCUT2D eigenvalue weighted by Crippen LogP contribution is 2.33. The Hall–Kier alpha value is -2.89.